The lowest BCUT2D eigenvalue weighted by molar-refractivity contribution is -0.903. The average molecular weight is 538 g/mol. The molecule has 0 atom stereocenters. The number of halogens is 2. The van der Waals surface area contributed by atoms with Crippen LogP contribution in [0.3, 0.4) is 0 Å². The molecule has 0 fully saturated rings. The minimum absolute atomic E-state index is 0. The van der Waals surface area contributed by atoms with Crippen LogP contribution < -0.4 is 22.7 Å². The van der Waals surface area contributed by atoms with Crippen LogP contribution in [-0.4, -0.2) is 43.4 Å². The topological polar surface area (TPSA) is 46.2 Å². The molecule has 5 heteroatoms. The molecule has 3 nitrogen and oxygen atoms in total. The van der Waals surface area contributed by atoms with E-state index in [-0.39, 0.29) is 36.0 Å². The van der Waals surface area contributed by atoms with Crippen LogP contribution >= 0.6 is 12.4 Å². The molecule has 0 unspecified atom stereocenters. The van der Waals surface area contributed by atoms with Crippen LogP contribution in [0, 0.1) is 0 Å². The highest BCUT2D eigenvalue weighted by Gasteiger charge is 2.14. The van der Waals surface area contributed by atoms with Crippen molar-refractivity contribution in [2.75, 3.05) is 33.8 Å². The van der Waals surface area contributed by atoms with Gasteiger partial charge in [0.2, 0.25) is 0 Å². The first kappa shape index (κ1) is 36.4. The Kier molecular flexibility index (Phi) is 30.9. The quantitative estimate of drug-likeness (QED) is 0.219. The van der Waals surface area contributed by atoms with Gasteiger partial charge < -0.3 is 32.3 Å². The highest BCUT2D eigenvalue weighted by atomic mass is 79.9. The molecule has 1 aromatic rings. The van der Waals surface area contributed by atoms with E-state index in [1.165, 1.54) is 102 Å². The second-order valence-electron chi connectivity index (χ2n) is 9.41. The van der Waals surface area contributed by atoms with Crippen molar-refractivity contribution < 1.29 is 26.6 Å². The summed E-state index contributed by atoms with van der Waals surface area (Å²) in [6.45, 7) is 5.22. The number of rotatable bonds is 18. The van der Waals surface area contributed by atoms with Crippen LogP contribution in [0.4, 0.5) is 0 Å². The van der Waals surface area contributed by atoms with E-state index in [0.717, 1.165) is 11.0 Å². The average Bonchev–Trinajstić information content (AvgIpc) is 2.74. The van der Waals surface area contributed by atoms with Crippen LogP contribution in [0.1, 0.15) is 102 Å². The van der Waals surface area contributed by atoms with Gasteiger partial charge in [0.05, 0.1) is 27.2 Å². The Balaban J connectivity index is -0.00000129. The summed E-state index contributed by atoms with van der Waals surface area (Å²) < 4.78 is 1.11. The Morgan fingerprint density at radius 3 is 1.47 bits per heavy atom. The molecular formula is C27H54BrClN2O. The van der Waals surface area contributed by atoms with E-state index in [9.17, 15) is 0 Å². The summed E-state index contributed by atoms with van der Waals surface area (Å²) in [5.74, 6) is 0. The maximum Gasteiger partial charge on any atom is 0.104 e. The van der Waals surface area contributed by atoms with E-state index in [1.807, 2.05) is 0 Å². The number of benzene rings is 1. The standard InChI is InChI=1S/C25H46N.C2H7NO.BrH.ClH/c1-4-5-6-7-8-9-10-11-12-13-14-15-16-20-23-26(2,3)24-25-21-18-17-19-22-25;3-1-2-4;;/h17-19,21-22H,4-16,20,23-24H2,1-3H3;4H,1-3H2;2*1H/q+1;;;/p-1. The third-order valence-corrected chi connectivity index (χ3v) is 5.70. The summed E-state index contributed by atoms with van der Waals surface area (Å²) in [4.78, 5) is 0. The molecule has 0 heterocycles. The monoisotopic (exact) mass is 536 g/mol. The SMILES string of the molecule is CCCCCCCCCCCCCCCC[N+](C)(C)Cc1ccccc1.Cl.NCCO.[Br-]. The van der Waals surface area contributed by atoms with Crippen molar-refractivity contribution in [3.05, 3.63) is 35.9 Å². The van der Waals surface area contributed by atoms with Crippen LogP contribution in [0.2, 0.25) is 0 Å². The fraction of sp³-hybridized carbons (Fsp3) is 0.778. The summed E-state index contributed by atoms with van der Waals surface area (Å²) >= 11 is 0. The molecule has 0 aliphatic heterocycles. The molecule has 0 spiro atoms. The van der Waals surface area contributed by atoms with Crippen molar-refractivity contribution >= 4 is 12.4 Å². The highest BCUT2D eigenvalue weighted by molar-refractivity contribution is 5.85. The van der Waals surface area contributed by atoms with Gasteiger partial charge >= 0.3 is 0 Å². The first-order valence-corrected chi connectivity index (χ1v) is 12.7. The molecule has 0 bridgehead atoms. The van der Waals surface area contributed by atoms with E-state index in [1.54, 1.807) is 0 Å². The van der Waals surface area contributed by atoms with Crippen molar-refractivity contribution in [2.45, 2.75) is 103 Å². The second-order valence-corrected chi connectivity index (χ2v) is 9.41. The molecule has 0 amide bonds. The minimum Gasteiger partial charge on any atom is -1.00 e. The van der Waals surface area contributed by atoms with Crippen LogP contribution in [0.15, 0.2) is 30.3 Å². The molecule has 32 heavy (non-hydrogen) atoms. The number of aliphatic hydroxyl groups is 1. The van der Waals surface area contributed by atoms with Crippen LogP contribution in [-0.2, 0) is 6.54 Å². The van der Waals surface area contributed by atoms with Gasteiger partial charge in [-0.2, -0.15) is 0 Å². The Labute approximate surface area is 217 Å². The normalized spacial score (nSPS) is 10.5. The molecule has 0 saturated heterocycles. The van der Waals surface area contributed by atoms with Gasteiger partial charge in [-0.3, -0.25) is 0 Å². The summed E-state index contributed by atoms with van der Waals surface area (Å²) in [6.07, 6.45) is 20.2. The Morgan fingerprint density at radius 2 is 1.09 bits per heavy atom. The summed E-state index contributed by atoms with van der Waals surface area (Å²) in [7, 11) is 4.74. The van der Waals surface area contributed by atoms with Crippen molar-refractivity contribution in [2.24, 2.45) is 5.73 Å². The molecule has 0 radical (unpaired) electrons. The molecule has 192 valence electrons. The van der Waals surface area contributed by atoms with Gasteiger partial charge in [-0.1, -0.05) is 114 Å². The molecule has 0 aromatic heterocycles. The first-order valence-electron chi connectivity index (χ1n) is 12.7. The third-order valence-electron chi connectivity index (χ3n) is 5.70. The molecular weight excluding hydrogens is 484 g/mol. The zero-order chi connectivity index (χ0) is 22.3. The van der Waals surface area contributed by atoms with E-state index in [4.69, 9.17) is 10.8 Å². The number of hydrogen-bond donors (Lipinski definition) is 2. The van der Waals surface area contributed by atoms with Gasteiger partial charge in [0.25, 0.3) is 0 Å². The smallest absolute Gasteiger partial charge is 0.104 e. The zero-order valence-electron chi connectivity index (χ0n) is 21.4. The Morgan fingerprint density at radius 1 is 0.719 bits per heavy atom. The number of nitrogens with two attached hydrogens (primary N) is 1. The van der Waals surface area contributed by atoms with Gasteiger partial charge in [0.15, 0.2) is 0 Å². The fourth-order valence-electron chi connectivity index (χ4n) is 3.89. The second kappa shape index (κ2) is 27.1. The van der Waals surface area contributed by atoms with E-state index in [0.29, 0.717) is 6.54 Å². The largest absolute Gasteiger partial charge is 1.00 e. The summed E-state index contributed by atoms with van der Waals surface area (Å²) in [6, 6.07) is 10.9. The third kappa shape index (κ3) is 26.1. The number of quaternary nitrogens is 1. The van der Waals surface area contributed by atoms with Gasteiger partial charge in [-0.25, -0.2) is 0 Å². The lowest BCUT2D eigenvalue weighted by atomic mass is 10.0. The molecule has 3 N–H and O–H groups in total. The van der Waals surface area contributed by atoms with Crippen LogP contribution in [0.5, 0.6) is 0 Å². The van der Waals surface area contributed by atoms with Crippen LogP contribution in [0.25, 0.3) is 0 Å². The number of unbranched alkanes of at least 4 members (excludes halogenated alkanes) is 13. The number of nitrogens with zero attached hydrogens (tertiary/aromatic N) is 1. The molecule has 0 aliphatic rings. The van der Waals surface area contributed by atoms with Crippen molar-refractivity contribution in [3.63, 3.8) is 0 Å². The van der Waals surface area contributed by atoms with E-state index >= 15 is 0 Å². The number of hydrogen-bond acceptors (Lipinski definition) is 2. The Hall–Kier alpha value is -0.130. The lowest BCUT2D eigenvalue weighted by Gasteiger charge is -2.30. The maximum absolute atomic E-state index is 7.75. The van der Waals surface area contributed by atoms with E-state index < -0.39 is 0 Å². The maximum atomic E-state index is 7.75. The van der Waals surface area contributed by atoms with Gasteiger partial charge in [0.1, 0.15) is 6.54 Å². The molecule has 0 saturated carbocycles. The Bertz CT molecular complexity index is 458. The predicted octanol–water partition coefficient (Wildman–Crippen LogP) is 4.11. The van der Waals surface area contributed by atoms with Crippen molar-refractivity contribution in [1.82, 2.24) is 0 Å². The minimum atomic E-state index is 0. The molecule has 1 aromatic carbocycles. The van der Waals surface area contributed by atoms with Gasteiger partial charge in [-0.15, -0.1) is 12.4 Å². The van der Waals surface area contributed by atoms with Crippen molar-refractivity contribution in [1.29, 1.82) is 0 Å². The molecule has 0 aliphatic carbocycles. The highest BCUT2D eigenvalue weighted by Crippen LogP contribution is 2.14. The summed E-state index contributed by atoms with van der Waals surface area (Å²) in [5.41, 5.74) is 6.24. The summed E-state index contributed by atoms with van der Waals surface area (Å²) in [5, 5.41) is 7.75. The first-order chi connectivity index (χ1) is 14.6. The number of aliphatic hydroxyl groups excluding tert-OH is 1. The van der Waals surface area contributed by atoms with Gasteiger partial charge in [0, 0.05) is 12.1 Å². The fourth-order valence-corrected chi connectivity index (χ4v) is 3.89. The zero-order valence-corrected chi connectivity index (χ0v) is 23.8. The lowest BCUT2D eigenvalue weighted by Crippen LogP contribution is -3.00. The van der Waals surface area contributed by atoms with E-state index in [2.05, 4.69) is 51.4 Å². The predicted molar refractivity (Wildman–Crippen MR) is 141 cm³/mol. The van der Waals surface area contributed by atoms with Crippen molar-refractivity contribution in [3.8, 4) is 0 Å². The van der Waals surface area contributed by atoms with Gasteiger partial charge in [-0.05, 0) is 12.8 Å². The molecule has 1 rings (SSSR count).